The Hall–Kier alpha value is -1.63. The Morgan fingerprint density at radius 2 is 2.00 bits per heavy atom. The van der Waals surface area contributed by atoms with Crippen LogP contribution >= 0.6 is 15.9 Å². The van der Waals surface area contributed by atoms with Crippen molar-refractivity contribution < 1.29 is 14.8 Å². The molecule has 2 N–H and O–H groups in total. The fourth-order valence-electron chi connectivity index (χ4n) is 2.49. The average Bonchev–Trinajstić information content (AvgIpc) is 2.39. The molecule has 0 bridgehead atoms. The molecule has 0 spiro atoms. The van der Waals surface area contributed by atoms with Gasteiger partial charge in [0.1, 0.15) is 5.69 Å². The van der Waals surface area contributed by atoms with Crippen molar-refractivity contribution in [3.8, 4) is 0 Å². The number of carbonyl (C=O) groups is 1. The zero-order valence-corrected chi connectivity index (χ0v) is 12.3. The predicted octanol–water partition coefficient (Wildman–Crippen LogP) is 3.41. The highest BCUT2D eigenvalue weighted by molar-refractivity contribution is 9.10. The number of benzene rings is 1. The van der Waals surface area contributed by atoms with Crippen LogP contribution in [0, 0.1) is 16.0 Å². The van der Waals surface area contributed by atoms with Crippen molar-refractivity contribution >= 4 is 33.3 Å². The number of nitro benzene ring substituents is 1. The maximum absolute atomic E-state index is 11.0. The third kappa shape index (κ3) is 3.47. The van der Waals surface area contributed by atoms with Gasteiger partial charge in [0.05, 0.1) is 10.8 Å². The van der Waals surface area contributed by atoms with Crippen LogP contribution in [-0.4, -0.2) is 22.0 Å². The van der Waals surface area contributed by atoms with Gasteiger partial charge in [0.25, 0.3) is 5.69 Å². The van der Waals surface area contributed by atoms with Crippen LogP contribution < -0.4 is 5.32 Å². The van der Waals surface area contributed by atoms with Crippen LogP contribution in [-0.2, 0) is 4.79 Å². The van der Waals surface area contributed by atoms with Gasteiger partial charge in [0.15, 0.2) is 0 Å². The lowest BCUT2D eigenvalue weighted by atomic mass is 9.86. The third-order valence-corrected chi connectivity index (χ3v) is 4.08. The molecule has 0 heterocycles. The lowest BCUT2D eigenvalue weighted by Crippen LogP contribution is -2.29. The van der Waals surface area contributed by atoms with Gasteiger partial charge in [-0.2, -0.15) is 0 Å². The number of nitro groups is 1. The average molecular weight is 343 g/mol. The minimum Gasteiger partial charge on any atom is -0.481 e. The topological polar surface area (TPSA) is 92.5 Å². The van der Waals surface area contributed by atoms with Crippen molar-refractivity contribution in [2.75, 3.05) is 5.32 Å². The summed E-state index contributed by atoms with van der Waals surface area (Å²) in [5.41, 5.74) is 0.511. The molecule has 7 heteroatoms. The standard InChI is InChI=1S/C13H15BrN2O4/c14-9-3-6-12(16(19)20)11(7-9)15-10-4-1-8(2-5-10)13(17)18/h3,6-8,10,15H,1-2,4-5H2,(H,17,18). The molecule has 0 aromatic heterocycles. The van der Waals surface area contributed by atoms with Crippen LogP contribution in [0.4, 0.5) is 11.4 Å². The first-order valence-electron chi connectivity index (χ1n) is 6.40. The van der Waals surface area contributed by atoms with E-state index in [1.54, 1.807) is 12.1 Å². The Morgan fingerprint density at radius 3 is 2.55 bits per heavy atom. The number of carboxylic acid groups (broad SMARTS) is 1. The van der Waals surface area contributed by atoms with Crippen molar-refractivity contribution in [1.82, 2.24) is 0 Å². The molecule has 0 atom stereocenters. The van der Waals surface area contributed by atoms with E-state index in [2.05, 4.69) is 21.2 Å². The fourth-order valence-corrected chi connectivity index (χ4v) is 2.85. The molecule has 0 unspecified atom stereocenters. The Kier molecular flexibility index (Phi) is 4.59. The van der Waals surface area contributed by atoms with Crippen LogP contribution in [0.2, 0.25) is 0 Å². The number of aliphatic carboxylic acids is 1. The molecule has 1 fully saturated rings. The van der Waals surface area contributed by atoms with E-state index >= 15 is 0 Å². The van der Waals surface area contributed by atoms with Crippen LogP contribution in [0.3, 0.4) is 0 Å². The Labute approximate surface area is 124 Å². The van der Waals surface area contributed by atoms with Gasteiger partial charge in [-0.25, -0.2) is 0 Å². The summed E-state index contributed by atoms with van der Waals surface area (Å²) >= 11 is 3.30. The molecule has 2 rings (SSSR count). The van der Waals surface area contributed by atoms with E-state index in [9.17, 15) is 14.9 Å². The Balaban J connectivity index is 2.06. The van der Waals surface area contributed by atoms with E-state index in [4.69, 9.17) is 5.11 Å². The Bertz CT molecular complexity index is 527. The molecule has 0 aliphatic heterocycles. The SMILES string of the molecule is O=C(O)C1CCC(Nc2cc(Br)ccc2[N+](=O)[O-])CC1. The predicted molar refractivity (Wildman–Crippen MR) is 77.8 cm³/mol. The number of nitrogens with one attached hydrogen (secondary N) is 1. The summed E-state index contributed by atoms with van der Waals surface area (Å²) in [6.07, 6.45) is 2.63. The first kappa shape index (κ1) is 14.8. The molecule has 0 saturated heterocycles. The molecule has 1 aromatic carbocycles. The fraction of sp³-hybridized carbons (Fsp3) is 0.462. The van der Waals surface area contributed by atoms with Crippen molar-refractivity contribution in [2.24, 2.45) is 5.92 Å². The molecular formula is C13H15BrN2O4. The summed E-state index contributed by atoms with van der Waals surface area (Å²) in [7, 11) is 0. The molecule has 108 valence electrons. The van der Waals surface area contributed by atoms with Gasteiger partial charge >= 0.3 is 5.97 Å². The molecule has 0 radical (unpaired) electrons. The van der Waals surface area contributed by atoms with E-state index in [1.807, 2.05) is 0 Å². The number of anilines is 1. The summed E-state index contributed by atoms with van der Waals surface area (Å²) in [4.78, 5) is 21.5. The quantitative estimate of drug-likeness (QED) is 0.646. The number of nitrogens with zero attached hydrogens (tertiary/aromatic N) is 1. The largest absolute Gasteiger partial charge is 0.481 e. The monoisotopic (exact) mass is 342 g/mol. The van der Waals surface area contributed by atoms with Crippen LogP contribution in [0.25, 0.3) is 0 Å². The number of rotatable bonds is 4. The van der Waals surface area contributed by atoms with Gasteiger partial charge in [-0.3, -0.25) is 14.9 Å². The second-order valence-corrected chi connectivity index (χ2v) is 5.87. The van der Waals surface area contributed by atoms with Gasteiger partial charge in [0.2, 0.25) is 0 Å². The normalized spacial score (nSPS) is 22.2. The van der Waals surface area contributed by atoms with Gasteiger partial charge in [-0.05, 0) is 37.8 Å². The van der Waals surface area contributed by atoms with Crippen molar-refractivity contribution in [2.45, 2.75) is 31.7 Å². The second-order valence-electron chi connectivity index (χ2n) is 4.95. The summed E-state index contributed by atoms with van der Waals surface area (Å²) in [6, 6.07) is 4.85. The van der Waals surface area contributed by atoms with Crippen molar-refractivity contribution in [1.29, 1.82) is 0 Å². The molecular weight excluding hydrogens is 328 g/mol. The van der Waals surface area contributed by atoms with Gasteiger partial charge in [-0.1, -0.05) is 15.9 Å². The van der Waals surface area contributed by atoms with E-state index < -0.39 is 10.9 Å². The lowest BCUT2D eigenvalue weighted by Gasteiger charge is -2.27. The summed E-state index contributed by atoms with van der Waals surface area (Å²) in [5, 5.41) is 23.1. The maximum atomic E-state index is 11.0. The molecule has 1 aliphatic carbocycles. The third-order valence-electron chi connectivity index (χ3n) is 3.59. The molecule has 1 saturated carbocycles. The minimum absolute atomic E-state index is 0.0357. The highest BCUT2D eigenvalue weighted by Gasteiger charge is 2.27. The van der Waals surface area contributed by atoms with Crippen molar-refractivity contribution in [3.05, 3.63) is 32.8 Å². The molecule has 0 amide bonds. The van der Waals surface area contributed by atoms with E-state index in [-0.39, 0.29) is 17.6 Å². The maximum Gasteiger partial charge on any atom is 0.306 e. The lowest BCUT2D eigenvalue weighted by molar-refractivity contribution is -0.384. The zero-order valence-electron chi connectivity index (χ0n) is 10.7. The number of hydrogen-bond acceptors (Lipinski definition) is 4. The van der Waals surface area contributed by atoms with E-state index in [0.29, 0.717) is 31.4 Å². The zero-order chi connectivity index (χ0) is 14.7. The van der Waals surface area contributed by atoms with Crippen molar-refractivity contribution in [3.63, 3.8) is 0 Å². The van der Waals surface area contributed by atoms with Gasteiger partial charge in [-0.15, -0.1) is 0 Å². The number of halogens is 1. The number of carboxylic acids is 1. The smallest absolute Gasteiger partial charge is 0.306 e. The highest BCUT2D eigenvalue weighted by atomic mass is 79.9. The number of hydrogen-bond donors (Lipinski definition) is 2. The second kappa shape index (κ2) is 6.21. The highest BCUT2D eigenvalue weighted by Crippen LogP contribution is 2.32. The molecule has 1 aliphatic rings. The molecule has 20 heavy (non-hydrogen) atoms. The summed E-state index contributed by atoms with van der Waals surface area (Å²) < 4.78 is 0.768. The minimum atomic E-state index is -0.753. The first-order chi connectivity index (χ1) is 9.47. The first-order valence-corrected chi connectivity index (χ1v) is 7.20. The summed E-state index contributed by atoms with van der Waals surface area (Å²) in [6.45, 7) is 0. The summed E-state index contributed by atoms with van der Waals surface area (Å²) in [5.74, 6) is -1.04. The van der Waals surface area contributed by atoms with Crippen LogP contribution in [0.5, 0.6) is 0 Å². The Morgan fingerprint density at radius 1 is 1.35 bits per heavy atom. The van der Waals surface area contributed by atoms with Gasteiger partial charge < -0.3 is 10.4 Å². The van der Waals surface area contributed by atoms with Crippen LogP contribution in [0.1, 0.15) is 25.7 Å². The van der Waals surface area contributed by atoms with Crippen LogP contribution in [0.15, 0.2) is 22.7 Å². The molecule has 6 nitrogen and oxygen atoms in total. The van der Waals surface area contributed by atoms with E-state index in [0.717, 1.165) is 4.47 Å². The van der Waals surface area contributed by atoms with Gasteiger partial charge in [0, 0.05) is 16.6 Å². The van der Waals surface area contributed by atoms with E-state index in [1.165, 1.54) is 6.07 Å². The molecule has 1 aromatic rings.